The molecule has 0 aromatic heterocycles. The van der Waals surface area contributed by atoms with Gasteiger partial charge in [0.05, 0.1) is 0 Å². The van der Waals surface area contributed by atoms with E-state index < -0.39 is 18.2 Å². The van der Waals surface area contributed by atoms with Crippen LogP contribution in [0.5, 0.6) is 0 Å². The van der Waals surface area contributed by atoms with E-state index in [-0.39, 0.29) is 24.1 Å². The van der Waals surface area contributed by atoms with Gasteiger partial charge in [-0.25, -0.2) is 0 Å². The number of alkyl halides is 3. The Hall–Kier alpha value is -2.25. The second kappa shape index (κ2) is 8.42. The molecule has 1 atom stereocenters. The van der Waals surface area contributed by atoms with Gasteiger partial charge in [0.15, 0.2) is 6.10 Å². The average Bonchev–Trinajstić information content (AvgIpc) is 2.56. The van der Waals surface area contributed by atoms with Gasteiger partial charge in [-0.15, -0.1) is 0 Å². The van der Waals surface area contributed by atoms with Crippen molar-refractivity contribution in [2.75, 3.05) is 12.4 Å². The summed E-state index contributed by atoms with van der Waals surface area (Å²) in [7, 11) is 0.989. The van der Waals surface area contributed by atoms with Gasteiger partial charge in [0.25, 0.3) is 0 Å². The maximum atomic E-state index is 13.3. The summed E-state index contributed by atoms with van der Waals surface area (Å²) in [6.45, 7) is 0. The summed E-state index contributed by atoms with van der Waals surface area (Å²) in [6.07, 6.45) is -6.61. The van der Waals surface area contributed by atoms with Crippen LogP contribution in [-0.4, -0.2) is 24.4 Å². The second-order valence-electron chi connectivity index (χ2n) is 5.60. The molecule has 0 unspecified atom stereocenters. The first-order valence-electron chi connectivity index (χ1n) is 7.67. The summed E-state index contributed by atoms with van der Waals surface area (Å²) in [5, 5.41) is 12.2. The molecular weight excluding hydrogens is 371 g/mol. The number of carboxylic acid groups (broad SMARTS) is 1. The fourth-order valence-electron chi connectivity index (χ4n) is 2.47. The van der Waals surface area contributed by atoms with Crippen LogP contribution in [0.2, 0.25) is 5.02 Å². The van der Waals surface area contributed by atoms with Crippen molar-refractivity contribution in [2.24, 2.45) is 0 Å². The van der Waals surface area contributed by atoms with Crippen molar-refractivity contribution in [2.45, 2.75) is 25.1 Å². The number of carbonyl (C=O) groups is 1. The molecule has 8 heteroatoms. The van der Waals surface area contributed by atoms with Gasteiger partial charge in [-0.2, -0.15) is 13.2 Å². The molecule has 0 saturated heterocycles. The van der Waals surface area contributed by atoms with Crippen LogP contribution in [-0.2, 0) is 16.0 Å². The minimum absolute atomic E-state index is 0.0889. The highest BCUT2D eigenvalue weighted by atomic mass is 35.5. The molecule has 0 aliphatic heterocycles. The van der Waals surface area contributed by atoms with Crippen molar-refractivity contribution in [1.82, 2.24) is 0 Å². The van der Waals surface area contributed by atoms with Gasteiger partial charge in [-0.05, 0) is 42.3 Å². The van der Waals surface area contributed by atoms with E-state index in [1.165, 1.54) is 18.2 Å². The summed E-state index contributed by atoms with van der Waals surface area (Å²) in [5.41, 5.74) is 1.25. The van der Waals surface area contributed by atoms with Crippen molar-refractivity contribution in [1.29, 1.82) is 0 Å². The molecule has 140 valence electrons. The van der Waals surface area contributed by atoms with Crippen LogP contribution in [0.15, 0.2) is 42.5 Å². The lowest BCUT2D eigenvalue weighted by Gasteiger charge is -2.23. The highest BCUT2D eigenvalue weighted by Gasteiger charge is 2.42. The Balaban J connectivity index is 2.42. The molecule has 0 radical (unpaired) electrons. The van der Waals surface area contributed by atoms with Crippen LogP contribution >= 0.6 is 11.6 Å². The number of carboxylic acids is 1. The molecule has 0 fully saturated rings. The fraction of sp³-hybridized carbons (Fsp3) is 0.278. The zero-order chi connectivity index (χ0) is 19.3. The van der Waals surface area contributed by atoms with E-state index in [9.17, 15) is 18.0 Å². The van der Waals surface area contributed by atoms with Gasteiger partial charge in [-0.1, -0.05) is 23.7 Å². The van der Waals surface area contributed by atoms with Crippen LogP contribution < -0.4 is 5.32 Å². The Morgan fingerprint density at radius 1 is 1.23 bits per heavy atom. The molecule has 2 aromatic rings. The Labute approximate surface area is 153 Å². The molecule has 0 spiro atoms. The average molecular weight is 388 g/mol. The monoisotopic (exact) mass is 387 g/mol. The third-order valence-corrected chi connectivity index (χ3v) is 3.94. The second-order valence-corrected chi connectivity index (χ2v) is 6.04. The smallest absolute Gasteiger partial charge is 0.418 e. The van der Waals surface area contributed by atoms with Crippen molar-refractivity contribution in [3.63, 3.8) is 0 Å². The summed E-state index contributed by atoms with van der Waals surface area (Å²) >= 11 is 5.82. The lowest BCUT2D eigenvalue weighted by molar-refractivity contribution is -0.215. The number of methoxy groups -OCH3 is 1. The number of benzene rings is 2. The molecule has 2 N–H and O–H groups in total. The maximum Gasteiger partial charge on any atom is 0.418 e. The quantitative estimate of drug-likeness (QED) is 0.672. The van der Waals surface area contributed by atoms with Crippen LogP contribution in [0.1, 0.15) is 23.7 Å². The molecule has 0 heterocycles. The lowest BCUT2D eigenvalue weighted by atomic mass is 10.0. The highest BCUT2D eigenvalue weighted by molar-refractivity contribution is 6.30. The van der Waals surface area contributed by atoms with E-state index >= 15 is 0 Å². The number of nitrogens with one attached hydrogen (secondary N) is 1. The van der Waals surface area contributed by atoms with Gasteiger partial charge in [0, 0.05) is 35.5 Å². The molecule has 4 nitrogen and oxygen atoms in total. The van der Waals surface area contributed by atoms with Gasteiger partial charge in [0.1, 0.15) is 0 Å². The van der Waals surface area contributed by atoms with Crippen LogP contribution in [0.25, 0.3) is 0 Å². The largest absolute Gasteiger partial charge is 0.481 e. The van der Waals surface area contributed by atoms with Crippen molar-refractivity contribution < 1.29 is 27.8 Å². The normalized spacial score (nSPS) is 12.7. The zero-order valence-electron chi connectivity index (χ0n) is 13.8. The first-order valence-corrected chi connectivity index (χ1v) is 8.05. The molecule has 0 saturated carbocycles. The first kappa shape index (κ1) is 20.1. The molecule has 26 heavy (non-hydrogen) atoms. The zero-order valence-corrected chi connectivity index (χ0v) is 14.6. The maximum absolute atomic E-state index is 13.3. The van der Waals surface area contributed by atoms with E-state index in [1.54, 1.807) is 24.3 Å². The van der Waals surface area contributed by atoms with Crippen LogP contribution in [0, 0.1) is 0 Å². The summed E-state index contributed by atoms with van der Waals surface area (Å²) in [5.74, 6) is -0.980. The number of halogens is 4. The number of aryl methyl sites for hydroxylation is 1. The highest BCUT2D eigenvalue weighted by Crippen LogP contribution is 2.40. The van der Waals surface area contributed by atoms with Gasteiger partial charge in [0.2, 0.25) is 0 Å². The Bertz CT molecular complexity index is 763. The summed E-state index contributed by atoms with van der Waals surface area (Å²) in [4.78, 5) is 10.7. The number of hydrogen-bond donors (Lipinski definition) is 2. The van der Waals surface area contributed by atoms with Crippen LogP contribution in [0.4, 0.5) is 24.5 Å². The van der Waals surface area contributed by atoms with E-state index in [4.69, 9.17) is 16.7 Å². The SMILES string of the molecule is CO[C@@H](c1ccc(CCC(=O)O)cc1Nc1ccc(Cl)cc1)C(F)(F)F. The number of aliphatic carboxylic acids is 1. The Kier molecular flexibility index (Phi) is 6.50. The predicted octanol–water partition coefficient (Wildman–Crippen LogP) is 5.35. The predicted molar refractivity (Wildman–Crippen MR) is 92.9 cm³/mol. The van der Waals surface area contributed by atoms with E-state index in [1.807, 2.05) is 0 Å². The number of ether oxygens (including phenoxy) is 1. The molecule has 2 aromatic carbocycles. The molecule has 0 aliphatic rings. The fourth-order valence-corrected chi connectivity index (χ4v) is 2.60. The van der Waals surface area contributed by atoms with E-state index in [2.05, 4.69) is 10.1 Å². The number of anilines is 2. The summed E-state index contributed by atoms with van der Waals surface area (Å²) < 4.78 is 44.5. The minimum Gasteiger partial charge on any atom is -0.481 e. The van der Waals surface area contributed by atoms with Gasteiger partial charge >= 0.3 is 12.1 Å². The van der Waals surface area contributed by atoms with Gasteiger partial charge in [-0.3, -0.25) is 4.79 Å². The molecule has 0 aliphatic carbocycles. The summed E-state index contributed by atoms with van der Waals surface area (Å²) in [6, 6.07) is 10.8. The molecule has 0 amide bonds. The Morgan fingerprint density at radius 2 is 1.88 bits per heavy atom. The molecule has 2 rings (SSSR count). The standard InChI is InChI=1S/C18H17ClF3NO3/c1-26-17(18(20,21)22)14-8-2-11(3-9-16(24)25)10-15(14)23-13-6-4-12(19)5-7-13/h2,4-8,10,17,23H,3,9H2,1H3,(H,24,25)/t17-/m0/s1. The third-order valence-electron chi connectivity index (χ3n) is 3.68. The van der Waals surface area contributed by atoms with Crippen molar-refractivity contribution in [3.05, 3.63) is 58.6 Å². The lowest BCUT2D eigenvalue weighted by Crippen LogP contribution is -2.23. The molecular formula is C18H17ClF3NO3. The van der Waals surface area contributed by atoms with Crippen molar-refractivity contribution in [3.8, 4) is 0 Å². The van der Waals surface area contributed by atoms with E-state index in [0.29, 0.717) is 16.3 Å². The van der Waals surface area contributed by atoms with Crippen LogP contribution in [0.3, 0.4) is 0 Å². The Morgan fingerprint density at radius 3 is 2.42 bits per heavy atom. The van der Waals surface area contributed by atoms with E-state index in [0.717, 1.165) is 7.11 Å². The third kappa shape index (κ3) is 5.37. The number of hydrogen-bond acceptors (Lipinski definition) is 3. The first-order chi connectivity index (χ1) is 12.2. The number of rotatable bonds is 7. The van der Waals surface area contributed by atoms with Crippen molar-refractivity contribution >= 4 is 28.9 Å². The topological polar surface area (TPSA) is 58.6 Å². The minimum atomic E-state index is -4.59. The van der Waals surface area contributed by atoms with Gasteiger partial charge < -0.3 is 15.2 Å². The molecule has 0 bridgehead atoms.